The van der Waals surface area contributed by atoms with E-state index in [4.69, 9.17) is 4.74 Å². The van der Waals surface area contributed by atoms with E-state index in [2.05, 4.69) is 0 Å². The first kappa shape index (κ1) is 12.8. The quantitative estimate of drug-likeness (QED) is 0.734. The zero-order valence-electron chi connectivity index (χ0n) is 10.1. The van der Waals surface area contributed by atoms with Crippen LogP contribution in [-0.4, -0.2) is 18.5 Å². The van der Waals surface area contributed by atoms with Gasteiger partial charge in [0.05, 0.1) is 0 Å². The summed E-state index contributed by atoms with van der Waals surface area (Å²) in [5, 5.41) is 0. The van der Waals surface area contributed by atoms with E-state index < -0.39 is 5.60 Å². The molecule has 0 fully saturated rings. The SMILES string of the molecule is CCC(C)(OC)C(=O)c1ccc(F)c(C)c1. The highest BCUT2D eigenvalue weighted by Gasteiger charge is 2.31. The van der Waals surface area contributed by atoms with Gasteiger partial charge in [-0.25, -0.2) is 4.39 Å². The fraction of sp³-hybridized carbons (Fsp3) is 0.462. The van der Waals surface area contributed by atoms with Gasteiger partial charge in [-0.3, -0.25) is 4.79 Å². The van der Waals surface area contributed by atoms with Crippen LogP contribution in [-0.2, 0) is 4.74 Å². The molecule has 0 aromatic heterocycles. The van der Waals surface area contributed by atoms with Gasteiger partial charge in [-0.05, 0) is 44.0 Å². The first-order valence-corrected chi connectivity index (χ1v) is 5.30. The second kappa shape index (κ2) is 4.74. The van der Waals surface area contributed by atoms with Crippen molar-refractivity contribution in [2.75, 3.05) is 7.11 Å². The number of hydrogen-bond acceptors (Lipinski definition) is 2. The summed E-state index contributed by atoms with van der Waals surface area (Å²) in [7, 11) is 1.51. The van der Waals surface area contributed by atoms with Crippen LogP contribution in [0.15, 0.2) is 18.2 Å². The van der Waals surface area contributed by atoms with Crippen molar-refractivity contribution >= 4 is 5.78 Å². The van der Waals surface area contributed by atoms with Crippen LogP contribution in [0.25, 0.3) is 0 Å². The van der Waals surface area contributed by atoms with E-state index in [-0.39, 0.29) is 11.6 Å². The molecular weight excluding hydrogens is 207 g/mol. The van der Waals surface area contributed by atoms with E-state index in [1.807, 2.05) is 6.92 Å². The van der Waals surface area contributed by atoms with Crippen molar-refractivity contribution in [3.63, 3.8) is 0 Å². The van der Waals surface area contributed by atoms with Crippen molar-refractivity contribution in [3.05, 3.63) is 35.1 Å². The van der Waals surface area contributed by atoms with Gasteiger partial charge in [0, 0.05) is 12.7 Å². The predicted octanol–water partition coefficient (Wildman–Crippen LogP) is 3.13. The molecule has 0 aliphatic carbocycles. The molecule has 0 aliphatic heterocycles. The van der Waals surface area contributed by atoms with Gasteiger partial charge in [0.25, 0.3) is 0 Å². The minimum atomic E-state index is -0.829. The van der Waals surface area contributed by atoms with Crippen LogP contribution >= 0.6 is 0 Å². The number of Topliss-reactive ketones (excluding diaryl/α,β-unsaturated/α-hetero) is 1. The summed E-state index contributed by atoms with van der Waals surface area (Å²) in [6.07, 6.45) is 0.582. The summed E-state index contributed by atoms with van der Waals surface area (Å²) in [6.45, 7) is 5.27. The van der Waals surface area contributed by atoms with Gasteiger partial charge in [-0.15, -0.1) is 0 Å². The van der Waals surface area contributed by atoms with Gasteiger partial charge in [-0.2, -0.15) is 0 Å². The molecule has 0 aliphatic rings. The minimum Gasteiger partial charge on any atom is -0.370 e. The van der Waals surface area contributed by atoms with Gasteiger partial charge in [0.15, 0.2) is 5.78 Å². The predicted molar refractivity (Wildman–Crippen MR) is 61.2 cm³/mol. The summed E-state index contributed by atoms with van der Waals surface area (Å²) in [5.41, 5.74) is 0.134. The maximum absolute atomic E-state index is 13.1. The molecule has 2 nitrogen and oxygen atoms in total. The summed E-state index contributed by atoms with van der Waals surface area (Å²) < 4.78 is 18.3. The smallest absolute Gasteiger partial charge is 0.194 e. The van der Waals surface area contributed by atoms with Gasteiger partial charge in [-0.1, -0.05) is 6.92 Å². The van der Waals surface area contributed by atoms with Gasteiger partial charge >= 0.3 is 0 Å². The number of halogens is 1. The van der Waals surface area contributed by atoms with Crippen molar-refractivity contribution in [1.82, 2.24) is 0 Å². The zero-order chi connectivity index (χ0) is 12.3. The standard InChI is InChI=1S/C13H17FO2/c1-5-13(3,16-4)12(15)10-6-7-11(14)9(2)8-10/h6-8H,5H2,1-4H3. The maximum Gasteiger partial charge on any atom is 0.194 e. The van der Waals surface area contributed by atoms with E-state index >= 15 is 0 Å². The number of ketones is 1. The third-order valence-electron chi connectivity index (χ3n) is 3.03. The van der Waals surface area contributed by atoms with E-state index in [9.17, 15) is 9.18 Å². The molecule has 0 N–H and O–H groups in total. The average Bonchev–Trinajstić information content (AvgIpc) is 2.30. The number of carbonyl (C=O) groups is 1. The summed E-state index contributed by atoms with van der Waals surface area (Å²) in [5.74, 6) is -0.409. The Balaban J connectivity index is 3.09. The second-order valence-electron chi connectivity index (χ2n) is 4.08. The molecule has 0 spiro atoms. The number of rotatable bonds is 4. The Bertz CT molecular complexity index is 395. The lowest BCUT2D eigenvalue weighted by molar-refractivity contribution is 0.0106. The zero-order valence-corrected chi connectivity index (χ0v) is 10.1. The average molecular weight is 224 g/mol. The number of carbonyl (C=O) groups excluding carboxylic acids is 1. The molecule has 0 heterocycles. The molecular formula is C13H17FO2. The lowest BCUT2D eigenvalue weighted by atomic mass is 9.91. The van der Waals surface area contributed by atoms with E-state index in [1.54, 1.807) is 19.9 Å². The van der Waals surface area contributed by atoms with Crippen LogP contribution in [0.5, 0.6) is 0 Å². The fourth-order valence-corrected chi connectivity index (χ4v) is 1.49. The third kappa shape index (κ3) is 2.30. The van der Waals surface area contributed by atoms with E-state index in [1.165, 1.54) is 19.2 Å². The number of aryl methyl sites for hydroxylation is 1. The summed E-state index contributed by atoms with van der Waals surface area (Å²) in [6, 6.07) is 4.37. The second-order valence-corrected chi connectivity index (χ2v) is 4.08. The van der Waals surface area contributed by atoms with Crippen molar-refractivity contribution in [1.29, 1.82) is 0 Å². The Morgan fingerprint density at radius 2 is 2.12 bits per heavy atom. The monoisotopic (exact) mass is 224 g/mol. The minimum absolute atomic E-state index is 0.111. The normalized spacial score (nSPS) is 14.6. The Morgan fingerprint density at radius 3 is 2.56 bits per heavy atom. The first-order chi connectivity index (χ1) is 7.44. The molecule has 0 amide bonds. The van der Waals surface area contributed by atoms with Crippen molar-refractivity contribution in [2.24, 2.45) is 0 Å². The van der Waals surface area contributed by atoms with E-state index in [0.29, 0.717) is 17.5 Å². The maximum atomic E-state index is 13.1. The van der Waals surface area contributed by atoms with Crippen molar-refractivity contribution < 1.29 is 13.9 Å². The summed E-state index contributed by atoms with van der Waals surface area (Å²) in [4.78, 5) is 12.1. The van der Waals surface area contributed by atoms with Crippen LogP contribution in [0.2, 0.25) is 0 Å². The Morgan fingerprint density at radius 1 is 1.50 bits per heavy atom. The molecule has 0 saturated heterocycles. The summed E-state index contributed by atoms with van der Waals surface area (Å²) >= 11 is 0. The first-order valence-electron chi connectivity index (χ1n) is 5.30. The van der Waals surface area contributed by atoms with E-state index in [0.717, 1.165) is 0 Å². The Labute approximate surface area is 95.4 Å². The van der Waals surface area contributed by atoms with Crippen LogP contribution in [0.1, 0.15) is 36.2 Å². The lowest BCUT2D eigenvalue weighted by Gasteiger charge is -2.25. The van der Waals surface area contributed by atoms with Crippen molar-refractivity contribution in [3.8, 4) is 0 Å². The topological polar surface area (TPSA) is 26.3 Å². The molecule has 1 atom stereocenters. The highest BCUT2D eigenvalue weighted by molar-refractivity contribution is 6.02. The third-order valence-corrected chi connectivity index (χ3v) is 3.03. The molecule has 3 heteroatoms. The molecule has 0 bridgehead atoms. The molecule has 0 saturated carbocycles. The van der Waals surface area contributed by atoms with Gasteiger partial charge in [0.1, 0.15) is 11.4 Å². The Kier molecular flexibility index (Phi) is 3.81. The molecule has 16 heavy (non-hydrogen) atoms. The van der Waals surface area contributed by atoms with Crippen LogP contribution in [0.3, 0.4) is 0 Å². The Hall–Kier alpha value is -1.22. The molecule has 1 aromatic carbocycles. The number of benzene rings is 1. The van der Waals surface area contributed by atoms with Gasteiger partial charge < -0.3 is 4.74 Å². The van der Waals surface area contributed by atoms with Crippen molar-refractivity contribution in [2.45, 2.75) is 32.8 Å². The highest BCUT2D eigenvalue weighted by atomic mass is 19.1. The number of ether oxygens (including phenoxy) is 1. The molecule has 1 rings (SSSR count). The van der Waals surface area contributed by atoms with Crippen LogP contribution < -0.4 is 0 Å². The number of hydrogen-bond donors (Lipinski definition) is 0. The fourth-order valence-electron chi connectivity index (χ4n) is 1.49. The highest BCUT2D eigenvalue weighted by Crippen LogP contribution is 2.21. The van der Waals surface area contributed by atoms with Crippen LogP contribution in [0.4, 0.5) is 4.39 Å². The molecule has 1 aromatic rings. The lowest BCUT2D eigenvalue weighted by Crippen LogP contribution is -2.36. The molecule has 88 valence electrons. The molecule has 1 unspecified atom stereocenters. The largest absolute Gasteiger partial charge is 0.370 e. The van der Waals surface area contributed by atoms with Crippen LogP contribution in [0, 0.1) is 12.7 Å². The number of methoxy groups -OCH3 is 1. The van der Waals surface area contributed by atoms with Gasteiger partial charge in [0.2, 0.25) is 0 Å². The molecule has 0 radical (unpaired) electrons.